The number of amides is 1. The first-order valence-corrected chi connectivity index (χ1v) is 12.3. The molecule has 1 fully saturated rings. The van der Waals surface area contributed by atoms with Crippen LogP contribution in [0.3, 0.4) is 0 Å². The zero-order valence-electron chi connectivity index (χ0n) is 18.7. The molecule has 0 saturated heterocycles. The van der Waals surface area contributed by atoms with E-state index in [1.807, 2.05) is 20.8 Å². The van der Waals surface area contributed by atoms with Crippen LogP contribution in [-0.4, -0.2) is 37.3 Å². The first kappa shape index (κ1) is 22.0. The molecule has 1 N–H and O–H groups in total. The molecule has 1 aliphatic rings. The van der Waals surface area contributed by atoms with Crippen molar-refractivity contribution in [2.24, 2.45) is 0 Å². The molecule has 3 aromatic heterocycles. The van der Waals surface area contributed by atoms with E-state index in [1.54, 1.807) is 23.1 Å². The van der Waals surface area contributed by atoms with Crippen molar-refractivity contribution in [1.29, 1.82) is 0 Å². The lowest BCUT2D eigenvalue weighted by atomic mass is 10.1. The summed E-state index contributed by atoms with van der Waals surface area (Å²) in [7, 11) is 0. The van der Waals surface area contributed by atoms with Gasteiger partial charge >= 0.3 is 0 Å². The normalized spacial score (nSPS) is 13.7. The molecule has 4 aromatic rings. The van der Waals surface area contributed by atoms with Crippen molar-refractivity contribution in [3.05, 3.63) is 61.4 Å². The van der Waals surface area contributed by atoms with E-state index in [2.05, 4.69) is 9.97 Å². The zero-order valence-corrected chi connectivity index (χ0v) is 20.3. The molecule has 0 atom stereocenters. The quantitative estimate of drug-likeness (QED) is 0.412. The number of fused-ring (bicyclic) bond motifs is 2. The van der Waals surface area contributed by atoms with E-state index in [-0.39, 0.29) is 18.0 Å². The number of hydrogen-bond acceptors (Lipinski definition) is 6. The molecule has 1 aromatic carbocycles. The molecule has 170 valence electrons. The van der Waals surface area contributed by atoms with Crippen LogP contribution in [-0.2, 0) is 6.54 Å². The van der Waals surface area contributed by atoms with E-state index in [1.165, 1.54) is 11.3 Å². The number of nitrogens with zero attached hydrogens (tertiary/aromatic N) is 4. The van der Waals surface area contributed by atoms with Crippen molar-refractivity contribution in [1.82, 2.24) is 24.8 Å². The summed E-state index contributed by atoms with van der Waals surface area (Å²) in [5.74, 6) is 1.69. The third-order valence-corrected chi connectivity index (χ3v) is 7.37. The number of thiophene rings is 1. The lowest BCUT2D eigenvalue weighted by molar-refractivity contribution is 0.0743. The molecule has 7 nitrogen and oxygen atoms in total. The highest BCUT2D eigenvalue weighted by Gasteiger charge is 2.29. The van der Waals surface area contributed by atoms with Gasteiger partial charge in [0.25, 0.3) is 11.5 Å². The summed E-state index contributed by atoms with van der Waals surface area (Å²) in [6.07, 6.45) is 3.05. The summed E-state index contributed by atoms with van der Waals surface area (Å²) in [6, 6.07) is 4.98. The number of hydrogen-bond donors (Lipinski definition) is 1. The second-order valence-electron chi connectivity index (χ2n) is 8.58. The van der Waals surface area contributed by atoms with Crippen LogP contribution < -0.4 is 5.56 Å². The van der Waals surface area contributed by atoms with E-state index in [0.717, 1.165) is 46.6 Å². The Morgan fingerprint density at radius 3 is 2.76 bits per heavy atom. The lowest BCUT2D eigenvalue weighted by Gasteiger charge is -2.21. The van der Waals surface area contributed by atoms with Gasteiger partial charge < -0.3 is 9.88 Å². The topological polar surface area (TPSA) is 91.8 Å². The van der Waals surface area contributed by atoms with E-state index >= 15 is 0 Å². The highest BCUT2D eigenvalue weighted by Crippen LogP contribution is 2.40. The van der Waals surface area contributed by atoms with Crippen LogP contribution in [0.5, 0.6) is 0 Å². The number of rotatable bonds is 6. The van der Waals surface area contributed by atoms with Gasteiger partial charge in [0.2, 0.25) is 0 Å². The Labute approximate surface area is 199 Å². The van der Waals surface area contributed by atoms with Crippen LogP contribution in [0, 0.1) is 13.8 Å². The fourth-order valence-electron chi connectivity index (χ4n) is 4.17. The summed E-state index contributed by atoms with van der Waals surface area (Å²) < 4.78 is 0. The SMILES string of the molecule is CCCN(Cc1nc2cc(Cl)ccc2c(=O)[nH]1)C(=O)c1sc2nc(C3CC3)nc(C)c2c1C. The van der Waals surface area contributed by atoms with Crippen LogP contribution in [0.2, 0.25) is 5.02 Å². The first-order valence-electron chi connectivity index (χ1n) is 11.1. The minimum atomic E-state index is -0.243. The summed E-state index contributed by atoms with van der Waals surface area (Å²) in [5.41, 5.74) is 2.11. The predicted octanol–water partition coefficient (Wildman–Crippen LogP) is 5.13. The van der Waals surface area contributed by atoms with Gasteiger partial charge in [-0.05, 0) is 56.9 Å². The van der Waals surface area contributed by atoms with Gasteiger partial charge in [-0.15, -0.1) is 11.3 Å². The molecule has 0 unspecified atom stereocenters. The van der Waals surface area contributed by atoms with Gasteiger partial charge in [-0.1, -0.05) is 18.5 Å². The average molecular weight is 482 g/mol. The number of aryl methyl sites for hydroxylation is 2. The Morgan fingerprint density at radius 1 is 1.24 bits per heavy atom. The van der Waals surface area contributed by atoms with Crippen molar-refractivity contribution in [2.45, 2.75) is 52.5 Å². The highest BCUT2D eigenvalue weighted by atomic mass is 35.5. The monoisotopic (exact) mass is 481 g/mol. The summed E-state index contributed by atoms with van der Waals surface area (Å²) >= 11 is 7.51. The van der Waals surface area contributed by atoms with Crippen molar-refractivity contribution in [2.75, 3.05) is 6.54 Å². The largest absolute Gasteiger partial charge is 0.330 e. The molecule has 0 bridgehead atoms. The molecule has 0 aliphatic heterocycles. The van der Waals surface area contributed by atoms with Gasteiger partial charge in [-0.3, -0.25) is 9.59 Å². The van der Waals surface area contributed by atoms with Gasteiger partial charge in [0.1, 0.15) is 16.5 Å². The number of carbonyl (C=O) groups excluding carboxylic acids is 1. The molecule has 5 rings (SSSR count). The summed E-state index contributed by atoms with van der Waals surface area (Å²) in [4.78, 5) is 46.3. The number of nitrogens with one attached hydrogen (secondary N) is 1. The molecule has 0 spiro atoms. The van der Waals surface area contributed by atoms with Crippen LogP contribution >= 0.6 is 22.9 Å². The predicted molar refractivity (Wildman–Crippen MR) is 131 cm³/mol. The van der Waals surface area contributed by atoms with E-state index in [4.69, 9.17) is 21.6 Å². The Bertz CT molecular complexity index is 1460. The van der Waals surface area contributed by atoms with Crippen molar-refractivity contribution < 1.29 is 4.79 Å². The zero-order chi connectivity index (χ0) is 23.3. The smallest absolute Gasteiger partial charge is 0.264 e. The van der Waals surface area contributed by atoms with Gasteiger partial charge in [0, 0.05) is 22.9 Å². The van der Waals surface area contributed by atoms with Crippen LogP contribution in [0.25, 0.3) is 21.1 Å². The number of carbonyl (C=O) groups is 1. The molecular weight excluding hydrogens is 458 g/mol. The van der Waals surface area contributed by atoms with Gasteiger partial charge in [0.15, 0.2) is 0 Å². The Balaban J connectivity index is 1.51. The molecule has 1 aliphatic carbocycles. The highest BCUT2D eigenvalue weighted by molar-refractivity contribution is 7.20. The van der Waals surface area contributed by atoms with Gasteiger partial charge in [-0.2, -0.15) is 0 Å². The molecule has 3 heterocycles. The minimum Gasteiger partial charge on any atom is -0.330 e. The number of benzene rings is 1. The van der Waals surface area contributed by atoms with Crippen LogP contribution in [0.4, 0.5) is 0 Å². The minimum absolute atomic E-state index is 0.0847. The van der Waals surface area contributed by atoms with Crippen molar-refractivity contribution in [3.8, 4) is 0 Å². The molecule has 9 heteroatoms. The lowest BCUT2D eigenvalue weighted by Crippen LogP contribution is -2.32. The van der Waals surface area contributed by atoms with Crippen molar-refractivity contribution in [3.63, 3.8) is 0 Å². The maximum absolute atomic E-state index is 13.6. The van der Waals surface area contributed by atoms with Gasteiger partial charge in [0.05, 0.1) is 28.0 Å². The van der Waals surface area contributed by atoms with Crippen molar-refractivity contribution >= 4 is 50.0 Å². The summed E-state index contributed by atoms with van der Waals surface area (Å²) in [6.45, 7) is 6.72. The third-order valence-electron chi connectivity index (χ3n) is 5.96. The molecule has 33 heavy (non-hydrogen) atoms. The fourth-order valence-corrected chi connectivity index (χ4v) is 5.54. The maximum atomic E-state index is 13.6. The Morgan fingerprint density at radius 2 is 2.03 bits per heavy atom. The second kappa shape index (κ2) is 8.50. The number of H-pyrrole nitrogens is 1. The van der Waals surface area contributed by atoms with E-state index < -0.39 is 0 Å². The molecule has 1 saturated carbocycles. The fraction of sp³-hybridized carbons (Fsp3) is 0.375. The Kier molecular flexibility index (Phi) is 5.66. The maximum Gasteiger partial charge on any atom is 0.264 e. The molecule has 0 radical (unpaired) electrons. The van der Waals surface area contributed by atoms with Crippen LogP contribution in [0.15, 0.2) is 23.0 Å². The van der Waals surface area contributed by atoms with Crippen LogP contribution in [0.1, 0.15) is 64.7 Å². The second-order valence-corrected chi connectivity index (χ2v) is 10.0. The third kappa shape index (κ3) is 4.13. The van der Waals surface area contributed by atoms with E-state index in [0.29, 0.717) is 39.1 Å². The number of aromatic amines is 1. The average Bonchev–Trinajstić information content (AvgIpc) is 3.56. The molecular formula is C24H24ClN5O2S. The van der Waals surface area contributed by atoms with Gasteiger partial charge in [-0.25, -0.2) is 15.0 Å². The first-order chi connectivity index (χ1) is 15.9. The number of aromatic nitrogens is 4. The van der Waals surface area contributed by atoms with E-state index in [9.17, 15) is 9.59 Å². The number of halogens is 1. The Hall–Kier alpha value is -2.84. The standard InChI is InChI=1S/C24H24ClN5O2S/c1-4-9-30(11-18-27-17-10-15(25)7-8-16(17)22(31)28-18)24(32)20-12(2)19-13(3)26-21(14-5-6-14)29-23(19)33-20/h7-8,10,14H,4-6,9,11H2,1-3H3,(H,27,28,31). The molecule has 1 amide bonds. The summed E-state index contributed by atoms with van der Waals surface area (Å²) in [5, 5.41) is 1.95.